The summed E-state index contributed by atoms with van der Waals surface area (Å²) in [4.78, 5) is 12.0. The molecule has 0 aromatic heterocycles. The molecular formula is C12H12Cl2OS. The Morgan fingerprint density at radius 2 is 2.06 bits per heavy atom. The molecule has 1 aromatic rings. The van der Waals surface area contributed by atoms with Gasteiger partial charge in [0.1, 0.15) is 5.78 Å². The van der Waals surface area contributed by atoms with Crippen molar-refractivity contribution in [3.8, 4) is 0 Å². The van der Waals surface area contributed by atoms with Gasteiger partial charge >= 0.3 is 0 Å². The minimum absolute atomic E-state index is 0.192. The predicted molar refractivity (Wildman–Crippen MR) is 70.6 cm³/mol. The fourth-order valence-corrected chi connectivity index (χ4v) is 3.59. The second-order valence-corrected chi connectivity index (χ2v) is 5.87. The Hall–Kier alpha value is -0.180. The summed E-state index contributed by atoms with van der Waals surface area (Å²) in [6.07, 6.45) is 1.36. The number of ketones is 1. The summed E-state index contributed by atoms with van der Waals surface area (Å²) in [5, 5.41) is 1.18. The summed E-state index contributed by atoms with van der Waals surface area (Å²) in [6, 6.07) is 5.35. The molecule has 0 radical (unpaired) electrons. The van der Waals surface area contributed by atoms with Crippen LogP contribution in [0.25, 0.3) is 0 Å². The van der Waals surface area contributed by atoms with Gasteiger partial charge in [0.05, 0.1) is 0 Å². The van der Waals surface area contributed by atoms with Gasteiger partial charge in [-0.25, -0.2) is 0 Å². The highest BCUT2D eigenvalue weighted by molar-refractivity contribution is 7.99. The van der Waals surface area contributed by atoms with Crippen LogP contribution in [0.5, 0.6) is 0 Å². The van der Waals surface area contributed by atoms with Crippen molar-refractivity contribution >= 4 is 40.7 Å². The van der Waals surface area contributed by atoms with Crippen LogP contribution in [0, 0.1) is 5.92 Å². The number of thioether (sulfide) groups is 1. The topological polar surface area (TPSA) is 17.1 Å². The van der Waals surface area contributed by atoms with Crippen LogP contribution in [0.3, 0.4) is 0 Å². The molecule has 1 nitrogen and oxygen atoms in total. The SMILES string of the molecule is O=C(Cc1c(Cl)cccc1Cl)C1CCSC1. The van der Waals surface area contributed by atoms with Gasteiger partial charge in [-0.1, -0.05) is 29.3 Å². The Morgan fingerprint density at radius 3 is 2.62 bits per heavy atom. The maximum absolute atomic E-state index is 12.0. The lowest BCUT2D eigenvalue weighted by molar-refractivity contribution is -0.121. The first-order valence-corrected chi connectivity index (χ1v) is 7.13. The van der Waals surface area contributed by atoms with E-state index in [1.165, 1.54) is 0 Å². The molecule has 16 heavy (non-hydrogen) atoms. The monoisotopic (exact) mass is 274 g/mol. The molecule has 0 aliphatic carbocycles. The van der Waals surface area contributed by atoms with Gasteiger partial charge in [0.15, 0.2) is 0 Å². The zero-order valence-electron chi connectivity index (χ0n) is 8.71. The van der Waals surface area contributed by atoms with Crippen molar-refractivity contribution in [1.82, 2.24) is 0 Å². The van der Waals surface area contributed by atoms with Gasteiger partial charge in [-0.3, -0.25) is 4.79 Å². The summed E-state index contributed by atoms with van der Waals surface area (Å²) >= 11 is 13.9. The van der Waals surface area contributed by atoms with Crippen molar-refractivity contribution in [3.05, 3.63) is 33.8 Å². The summed E-state index contributed by atoms with van der Waals surface area (Å²) in [5.41, 5.74) is 0.771. The lowest BCUT2D eigenvalue weighted by Crippen LogP contribution is -2.16. The Balaban J connectivity index is 2.11. The fraction of sp³-hybridized carbons (Fsp3) is 0.417. The summed E-state index contributed by atoms with van der Waals surface area (Å²) in [5.74, 6) is 2.49. The second-order valence-electron chi connectivity index (χ2n) is 3.90. The normalized spacial score (nSPS) is 20.0. The number of hydrogen-bond acceptors (Lipinski definition) is 2. The van der Waals surface area contributed by atoms with Crippen LogP contribution in [0.4, 0.5) is 0 Å². The standard InChI is InChI=1S/C12H12Cl2OS/c13-10-2-1-3-11(14)9(10)6-12(15)8-4-5-16-7-8/h1-3,8H,4-7H2. The molecule has 0 amide bonds. The molecule has 0 bridgehead atoms. The van der Waals surface area contributed by atoms with Crippen LogP contribution in [-0.2, 0) is 11.2 Å². The van der Waals surface area contributed by atoms with Gasteiger partial charge in [0, 0.05) is 28.1 Å². The van der Waals surface area contributed by atoms with Crippen molar-refractivity contribution in [2.45, 2.75) is 12.8 Å². The van der Waals surface area contributed by atoms with E-state index in [0.717, 1.165) is 23.5 Å². The number of rotatable bonds is 3. The first kappa shape index (κ1) is 12.3. The van der Waals surface area contributed by atoms with Crippen LogP contribution < -0.4 is 0 Å². The minimum atomic E-state index is 0.192. The number of benzene rings is 1. The highest BCUT2D eigenvalue weighted by Crippen LogP contribution is 2.29. The lowest BCUT2D eigenvalue weighted by atomic mass is 9.97. The van der Waals surface area contributed by atoms with Crippen molar-refractivity contribution in [1.29, 1.82) is 0 Å². The maximum Gasteiger partial charge on any atom is 0.141 e. The predicted octanol–water partition coefficient (Wildman–Crippen LogP) is 3.86. The van der Waals surface area contributed by atoms with E-state index in [9.17, 15) is 4.79 Å². The van der Waals surface area contributed by atoms with E-state index in [1.54, 1.807) is 18.2 Å². The second kappa shape index (κ2) is 5.44. The molecule has 1 aromatic carbocycles. The van der Waals surface area contributed by atoms with Gasteiger partial charge in [-0.15, -0.1) is 0 Å². The van der Waals surface area contributed by atoms with Crippen LogP contribution in [0.15, 0.2) is 18.2 Å². The molecular weight excluding hydrogens is 263 g/mol. The van der Waals surface area contributed by atoms with Crippen LogP contribution in [0.2, 0.25) is 10.0 Å². The van der Waals surface area contributed by atoms with Crippen molar-refractivity contribution in [2.24, 2.45) is 5.92 Å². The van der Waals surface area contributed by atoms with Gasteiger partial charge < -0.3 is 0 Å². The highest BCUT2D eigenvalue weighted by atomic mass is 35.5. The number of Topliss-reactive ketones (excluding diaryl/α,β-unsaturated/α-hetero) is 1. The maximum atomic E-state index is 12.0. The molecule has 1 aliphatic heterocycles. The van der Waals surface area contributed by atoms with Crippen LogP contribution in [0.1, 0.15) is 12.0 Å². The molecule has 1 atom stereocenters. The van der Waals surface area contributed by atoms with E-state index >= 15 is 0 Å². The van der Waals surface area contributed by atoms with Gasteiger partial charge in [-0.2, -0.15) is 11.8 Å². The summed E-state index contributed by atoms with van der Waals surface area (Å²) in [6.45, 7) is 0. The number of carbonyl (C=O) groups is 1. The smallest absolute Gasteiger partial charge is 0.141 e. The molecule has 2 rings (SSSR count). The number of halogens is 2. The van der Waals surface area contributed by atoms with E-state index in [1.807, 2.05) is 11.8 Å². The molecule has 0 spiro atoms. The number of carbonyl (C=O) groups excluding carboxylic acids is 1. The minimum Gasteiger partial charge on any atom is -0.299 e. The molecule has 0 saturated carbocycles. The van der Waals surface area contributed by atoms with Crippen molar-refractivity contribution < 1.29 is 4.79 Å². The molecule has 1 heterocycles. The van der Waals surface area contributed by atoms with Crippen LogP contribution >= 0.6 is 35.0 Å². The van der Waals surface area contributed by atoms with Gasteiger partial charge in [-0.05, 0) is 29.9 Å². The largest absolute Gasteiger partial charge is 0.299 e. The first-order valence-electron chi connectivity index (χ1n) is 5.22. The van der Waals surface area contributed by atoms with E-state index in [2.05, 4.69) is 0 Å². The average molecular weight is 275 g/mol. The Morgan fingerprint density at radius 1 is 1.38 bits per heavy atom. The first-order chi connectivity index (χ1) is 7.68. The molecule has 1 fully saturated rings. The molecule has 0 N–H and O–H groups in total. The zero-order valence-corrected chi connectivity index (χ0v) is 11.0. The lowest BCUT2D eigenvalue weighted by Gasteiger charge is -2.09. The number of hydrogen-bond donors (Lipinski definition) is 0. The van der Waals surface area contributed by atoms with Crippen molar-refractivity contribution in [2.75, 3.05) is 11.5 Å². The van der Waals surface area contributed by atoms with E-state index < -0.39 is 0 Å². The Kier molecular flexibility index (Phi) is 4.17. The van der Waals surface area contributed by atoms with Gasteiger partial charge in [0.2, 0.25) is 0 Å². The third-order valence-corrected chi connectivity index (χ3v) is 4.67. The Labute approximate surface area is 110 Å². The van der Waals surface area contributed by atoms with Crippen LogP contribution in [-0.4, -0.2) is 17.3 Å². The molecule has 1 aliphatic rings. The molecule has 1 unspecified atom stereocenters. The fourth-order valence-electron chi connectivity index (χ4n) is 1.81. The third kappa shape index (κ3) is 2.73. The molecule has 4 heteroatoms. The van der Waals surface area contributed by atoms with Crippen molar-refractivity contribution in [3.63, 3.8) is 0 Å². The van der Waals surface area contributed by atoms with Gasteiger partial charge in [0.25, 0.3) is 0 Å². The summed E-state index contributed by atoms with van der Waals surface area (Å²) < 4.78 is 0. The summed E-state index contributed by atoms with van der Waals surface area (Å²) in [7, 11) is 0. The highest BCUT2D eigenvalue weighted by Gasteiger charge is 2.24. The quantitative estimate of drug-likeness (QED) is 0.833. The zero-order chi connectivity index (χ0) is 11.5. The molecule has 1 saturated heterocycles. The van der Waals surface area contributed by atoms with E-state index in [4.69, 9.17) is 23.2 Å². The van der Waals surface area contributed by atoms with E-state index in [0.29, 0.717) is 16.5 Å². The third-order valence-electron chi connectivity index (χ3n) is 2.80. The van der Waals surface area contributed by atoms with E-state index in [-0.39, 0.29) is 11.7 Å². The molecule has 86 valence electrons. The average Bonchev–Trinajstić information content (AvgIpc) is 2.76. The Bertz CT molecular complexity index is 380.